The lowest BCUT2D eigenvalue weighted by atomic mass is 10.1. The van der Waals surface area contributed by atoms with E-state index in [0.717, 1.165) is 56.2 Å². The van der Waals surface area contributed by atoms with Gasteiger partial charge in [0.15, 0.2) is 24.7 Å². The molecule has 0 aliphatic heterocycles. The van der Waals surface area contributed by atoms with Gasteiger partial charge in [-0.05, 0) is 82.7 Å². The zero-order valence-electron chi connectivity index (χ0n) is 25.0. The standard InChI is InChI=1S/C31H47F3N2O5/c1-5-6-7-8-9-12-15-27-22-35-30(36-23-27)28-16-18-29(19-17-28)38-21-14-11-10-13-20-37-24(2)39-25(3)40-26(4)41-31(32,33)34/h16-19,22-26H,5-15,20-21H2,1-4H3. The highest BCUT2D eigenvalue weighted by atomic mass is 19.4. The summed E-state index contributed by atoms with van der Waals surface area (Å²) in [4.78, 5) is 9.09. The topological polar surface area (TPSA) is 71.9 Å². The van der Waals surface area contributed by atoms with Crippen LogP contribution in [0.3, 0.4) is 0 Å². The molecule has 41 heavy (non-hydrogen) atoms. The first kappa shape index (κ1) is 34.9. The highest BCUT2D eigenvalue weighted by molar-refractivity contribution is 5.55. The summed E-state index contributed by atoms with van der Waals surface area (Å²) in [5.41, 5.74) is 2.15. The number of ether oxygens (including phenoxy) is 5. The normalized spacial score (nSPS) is 14.1. The Morgan fingerprint density at radius 1 is 0.707 bits per heavy atom. The molecular weight excluding hydrogens is 537 g/mol. The maximum absolute atomic E-state index is 12.2. The van der Waals surface area contributed by atoms with Crippen LogP contribution in [0.4, 0.5) is 13.2 Å². The molecule has 232 valence electrons. The van der Waals surface area contributed by atoms with Crippen LogP contribution >= 0.6 is 0 Å². The van der Waals surface area contributed by atoms with Gasteiger partial charge in [-0.3, -0.25) is 4.74 Å². The number of halogens is 3. The molecule has 0 fully saturated rings. The highest BCUT2D eigenvalue weighted by Crippen LogP contribution is 2.21. The van der Waals surface area contributed by atoms with E-state index in [9.17, 15) is 13.2 Å². The van der Waals surface area contributed by atoms with Crippen molar-refractivity contribution < 1.29 is 36.9 Å². The molecule has 3 atom stereocenters. The molecule has 0 radical (unpaired) electrons. The second-order valence-corrected chi connectivity index (χ2v) is 10.1. The van der Waals surface area contributed by atoms with Crippen molar-refractivity contribution in [2.24, 2.45) is 0 Å². The van der Waals surface area contributed by atoms with Crippen molar-refractivity contribution in [2.75, 3.05) is 13.2 Å². The van der Waals surface area contributed by atoms with Crippen LogP contribution in [-0.4, -0.2) is 48.4 Å². The Morgan fingerprint density at radius 3 is 1.95 bits per heavy atom. The van der Waals surface area contributed by atoms with Crippen LogP contribution in [0.5, 0.6) is 5.75 Å². The number of unbranched alkanes of at least 4 members (excludes halogenated alkanes) is 8. The molecule has 0 aliphatic rings. The molecule has 0 amide bonds. The van der Waals surface area contributed by atoms with Crippen molar-refractivity contribution in [3.8, 4) is 17.1 Å². The fourth-order valence-electron chi connectivity index (χ4n) is 4.27. The largest absolute Gasteiger partial charge is 0.524 e. The van der Waals surface area contributed by atoms with Gasteiger partial charge in [-0.25, -0.2) is 9.97 Å². The van der Waals surface area contributed by atoms with Gasteiger partial charge in [-0.1, -0.05) is 45.4 Å². The Morgan fingerprint density at radius 2 is 1.29 bits per heavy atom. The predicted molar refractivity (Wildman–Crippen MR) is 152 cm³/mol. The number of benzene rings is 1. The minimum atomic E-state index is -4.76. The molecule has 0 spiro atoms. The van der Waals surface area contributed by atoms with E-state index in [0.29, 0.717) is 13.2 Å². The maximum Gasteiger partial charge on any atom is 0.524 e. The number of hydrogen-bond donors (Lipinski definition) is 0. The Kier molecular flexibility index (Phi) is 16.8. The Balaban J connectivity index is 1.53. The number of alkyl halides is 3. The van der Waals surface area contributed by atoms with Crippen molar-refractivity contribution in [1.29, 1.82) is 0 Å². The van der Waals surface area contributed by atoms with Crippen molar-refractivity contribution in [2.45, 2.75) is 124 Å². The SMILES string of the molecule is CCCCCCCCc1cnc(-c2ccc(OCCCCCCOC(C)OC(C)OC(C)OC(F)(F)F)cc2)nc1. The molecule has 0 saturated heterocycles. The fraction of sp³-hybridized carbons (Fsp3) is 0.677. The summed E-state index contributed by atoms with van der Waals surface area (Å²) in [7, 11) is 0. The predicted octanol–water partition coefficient (Wildman–Crippen LogP) is 8.61. The minimum Gasteiger partial charge on any atom is -0.494 e. The van der Waals surface area contributed by atoms with E-state index in [1.807, 2.05) is 36.7 Å². The molecule has 3 unspecified atom stereocenters. The number of nitrogens with zero attached hydrogens (tertiary/aromatic N) is 2. The first-order chi connectivity index (χ1) is 19.7. The molecule has 0 saturated carbocycles. The number of hydrogen-bond acceptors (Lipinski definition) is 7. The second kappa shape index (κ2) is 19.8. The summed E-state index contributed by atoms with van der Waals surface area (Å²) in [6.07, 6.45) is 8.55. The monoisotopic (exact) mass is 584 g/mol. The third kappa shape index (κ3) is 16.7. The van der Waals surface area contributed by atoms with E-state index in [2.05, 4.69) is 21.6 Å². The van der Waals surface area contributed by atoms with Crippen LogP contribution in [0, 0.1) is 0 Å². The molecule has 1 heterocycles. The Bertz CT molecular complexity index is 929. The van der Waals surface area contributed by atoms with Crippen molar-refractivity contribution >= 4 is 0 Å². The van der Waals surface area contributed by atoms with Gasteiger partial charge in [0.1, 0.15) is 5.75 Å². The molecule has 2 rings (SSSR count). The van der Waals surface area contributed by atoms with Crippen LogP contribution in [-0.2, 0) is 25.4 Å². The number of aryl methyl sites for hydroxylation is 1. The lowest BCUT2D eigenvalue weighted by molar-refractivity contribution is -0.393. The third-order valence-corrected chi connectivity index (χ3v) is 6.36. The zero-order chi connectivity index (χ0) is 29.9. The van der Waals surface area contributed by atoms with E-state index in [1.165, 1.54) is 51.0 Å². The summed E-state index contributed by atoms with van der Waals surface area (Å²) in [5.74, 6) is 1.53. The molecule has 0 bridgehead atoms. The smallest absolute Gasteiger partial charge is 0.494 e. The molecule has 10 heteroatoms. The van der Waals surface area contributed by atoms with Crippen molar-refractivity contribution in [3.63, 3.8) is 0 Å². The van der Waals surface area contributed by atoms with E-state index < -0.39 is 25.2 Å². The van der Waals surface area contributed by atoms with Crippen LogP contribution < -0.4 is 4.74 Å². The summed E-state index contributed by atoms with van der Waals surface area (Å²) in [6, 6.07) is 7.85. The molecular formula is C31H47F3N2O5. The molecule has 7 nitrogen and oxygen atoms in total. The average Bonchev–Trinajstić information content (AvgIpc) is 2.91. The van der Waals surface area contributed by atoms with E-state index >= 15 is 0 Å². The second-order valence-electron chi connectivity index (χ2n) is 10.1. The summed E-state index contributed by atoms with van der Waals surface area (Å²) >= 11 is 0. The summed E-state index contributed by atoms with van der Waals surface area (Å²) in [6.45, 7) is 7.66. The van der Waals surface area contributed by atoms with Gasteiger partial charge < -0.3 is 18.9 Å². The lowest BCUT2D eigenvalue weighted by Gasteiger charge is -2.23. The van der Waals surface area contributed by atoms with Gasteiger partial charge in [-0.2, -0.15) is 0 Å². The van der Waals surface area contributed by atoms with Gasteiger partial charge in [-0.15, -0.1) is 13.2 Å². The van der Waals surface area contributed by atoms with E-state index in [-0.39, 0.29) is 0 Å². The van der Waals surface area contributed by atoms with Gasteiger partial charge in [0.25, 0.3) is 0 Å². The molecule has 0 aliphatic carbocycles. The Labute approximate surface area is 243 Å². The van der Waals surface area contributed by atoms with Gasteiger partial charge in [0, 0.05) is 24.6 Å². The molecule has 0 N–H and O–H groups in total. The first-order valence-electron chi connectivity index (χ1n) is 14.9. The molecule has 2 aromatic rings. The van der Waals surface area contributed by atoms with Crippen LogP contribution in [0.2, 0.25) is 0 Å². The highest BCUT2D eigenvalue weighted by Gasteiger charge is 2.33. The van der Waals surface area contributed by atoms with Crippen molar-refractivity contribution in [1.82, 2.24) is 9.97 Å². The molecule has 1 aromatic carbocycles. The van der Waals surface area contributed by atoms with Crippen LogP contribution in [0.25, 0.3) is 11.4 Å². The number of rotatable bonds is 22. The van der Waals surface area contributed by atoms with Crippen LogP contribution in [0.15, 0.2) is 36.7 Å². The fourth-order valence-corrected chi connectivity index (χ4v) is 4.27. The quantitative estimate of drug-likeness (QED) is 0.101. The summed E-state index contributed by atoms with van der Waals surface area (Å²) < 4.78 is 62.1. The maximum atomic E-state index is 12.2. The lowest BCUT2D eigenvalue weighted by Crippen LogP contribution is -2.30. The molecule has 1 aromatic heterocycles. The Hall–Kier alpha value is -2.27. The van der Waals surface area contributed by atoms with E-state index in [4.69, 9.17) is 18.9 Å². The average molecular weight is 585 g/mol. The minimum absolute atomic E-state index is 0.479. The first-order valence-corrected chi connectivity index (χ1v) is 14.9. The van der Waals surface area contributed by atoms with Crippen molar-refractivity contribution in [3.05, 3.63) is 42.2 Å². The number of aromatic nitrogens is 2. The van der Waals surface area contributed by atoms with Gasteiger partial charge in [0.05, 0.1) is 6.61 Å². The van der Waals surface area contributed by atoms with Gasteiger partial charge in [0.2, 0.25) is 0 Å². The van der Waals surface area contributed by atoms with E-state index in [1.54, 1.807) is 6.92 Å². The summed E-state index contributed by atoms with van der Waals surface area (Å²) in [5, 5.41) is 0. The zero-order valence-corrected chi connectivity index (χ0v) is 25.0. The van der Waals surface area contributed by atoms with Crippen LogP contribution in [0.1, 0.15) is 97.5 Å². The van der Waals surface area contributed by atoms with Gasteiger partial charge >= 0.3 is 6.36 Å². The third-order valence-electron chi connectivity index (χ3n) is 6.36.